The highest BCUT2D eigenvalue weighted by molar-refractivity contribution is 5.55. The molecule has 36 heavy (non-hydrogen) atoms. The molecule has 0 amide bonds. The van der Waals surface area contributed by atoms with Crippen LogP contribution in [0.1, 0.15) is 108 Å². The summed E-state index contributed by atoms with van der Waals surface area (Å²) in [5.41, 5.74) is 5.03. The Labute approximate surface area is 219 Å². The van der Waals surface area contributed by atoms with Crippen molar-refractivity contribution in [1.82, 2.24) is 9.97 Å². The van der Waals surface area contributed by atoms with Gasteiger partial charge in [0.25, 0.3) is 0 Å². The van der Waals surface area contributed by atoms with Gasteiger partial charge in [-0.25, -0.2) is 9.97 Å². The minimum absolute atomic E-state index is 0.534. The van der Waals surface area contributed by atoms with Crippen LogP contribution >= 0.6 is 0 Å². The van der Waals surface area contributed by atoms with Crippen molar-refractivity contribution in [2.24, 2.45) is 0 Å². The lowest BCUT2D eigenvalue weighted by atomic mass is 10.0. The molecule has 3 heteroatoms. The molecule has 2 aromatic carbocycles. The Bertz CT molecular complexity index is 948. The predicted octanol–water partition coefficient (Wildman–Crippen LogP) is 9.53. The van der Waals surface area contributed by atoms with E-state index in [1.54, 1.807) is 12.4 Å². The first-order chi connectivity index (χ1) is 17.8. The van der Waals surface area contributed by atoms with E-state index in [1.807, 2.05) is 0 Å². The lowest BCUT2D eigenvalue weighted by Gasteiger charge is -2.08. The molecular formula is C33H46N2O. The number of hydrogen-bond acceptors (Lipinski definition) is 3. The zero-order chi connectivity index (χ0) is 25.3. The van der Waals surface area contributed by atoms with E-state index >= 15 is 0 Å². The van der Waals surface area contributed by atoms with Crippen LogP contribution in [0.3, 0.4) is 0 Å². The number of hydrogen-bond donors (Lipinski definition) is 0. The zero-order valence-corrected chi connectivity index (χ0v) is 22.7. The maximum absolute atomic E-state index is 5.92. The van der Waals surface area contributed by atoms with Crippen LogP contribution in [-0.4, -0.2) is 9.97 Å². The van der Waals surface area contributed by atoms with Gasteiger partial charge in [0.15, 0.2) is 11.6 Å². The Hall–Kier alpha value is -2.68. The molecule has 3 nitrogen and oxygen atoms in total. The van der Waals surface area contributed by atoms with Crippen LogP contribution in [-0.2, 0) is 19.4 Å². The van der Waals surface area contributed by atoms with Crippen molar-refractivity contribution in [3.8, 4) is 17.1 Å². The van der Waals surface area contributed by atoms with Gasteiger partial charge >= 0.3 is 0 Å². The molecule has 0 saturated heterocycles. The molecule has 0 aliphatic carbocycles. The second-order valence-corrected chi connectivity index (χ2v) is 10.1. The Balaban J connectivity index is 1.37. The number of aromatic nitrogens is 2. The van der Waals surface area contributed by atoms with Crippen molar-refractivity contribution in [3.63, 3.8) is 0 Å². The fourth-order valence-corrected chi connectivity index (χ4v) is 4.55. The highest BCUT2D eigenvalue weighted by atomic mass is 16.5. The van der Waals surface area contributed by atoms with Gasteiger partial charge in [-0.3, -0.25) is 0 Å². The van der Waals surface area contributed by atoms with E-state index < -0.39 is 0 Å². The summed E-state index contributed by atoms with van der Waals surface area (Å²) in [7, 11) is 0. The van der Waals surface area contributed by atoms with Crippen LogP contribution in [0.15, 0.2) is 60.9 Å². The minimum Gasteiger partial charge on any atom is -0.486 e. The molecule has 0 aliphatic rings. The normalized spacial score (nSPS) is 11.1. The molecule has 0 unspecified atom stereocenters. The van der Waals surface area contributed by atoms with E-state index in [1.165, 1.54) is 93.7 Å². The molecule has 1 aromatic heterocycles. The van der Waals surface area contributed by atoms with Gasteiger partial charge in [-0.05, 0) is 42.4 Å². The van der Waals surface area contributed by atoms with Gasteiger partial charge in [-0.2, -0.15) is 0 Å². The molecule has 0 radical (unpaired) electrons. The average Bonchev–Trinajstić information content (AvgIpc) is 2.93. The molecule has 0 bridgehead atoms. The van der Waals surface area contributed by atoms with Crippen molar-refractivity contribution in [1.29, 1.82) is 0 Å². The lowest BCUT2D eigenvalue weighted by molar-refractivity contribution is 0.303. The third-order valence-corrected chi connectivity index (χ3v) is 6.91. The van der Waals surface area contributed by atoms with Crippen LogP contribution in [0.4, 0.5) is 0 Å². The predicted molar refractivity (Wildman–Crippen MR) is 152 cm³/mol. The van der Waals surface area contributed by atoms with Crippen molar-refractivity contribution >= 4 is 0 Å². The smallest absolute Gasteiger partial charge is 0.159 e. The molecule has 3 aromatic rings. The van der Waals surface area contributed by atoms with Crippen molar-refractivity contribution in [3.05, 3.63) is 77.6 Å². The zero-order valence-electron chi connectivity index (χ0n) is 22.7. The summed E-state index contributed by atoms with van der Waals surface area (Å²) in [4.78, 5) is 9.07. The van der Waals surface area contributed by atoms with Gasteiger partial charge in [-0.15, -0.1) is 0 Å². The Morgan fingerprint density at radius 1 is 0.528 bits per heavy atom. The maximum atomic E-state index is 5.92. The number of nitrogens with zero attached hydrogens (tertiary/aromatic N) is 2. The van der Waals surface area contributed by atoms with Gasteiger partial charge in [0.2, 0.25) is 0 Å². The molecule has 3 rings (SSSR count). The van der Waals surface area contributed by atoms with Crippen LogP contribution in [0.5, 0.6) is 5.75 Å². The number of aryl methyl sites for hydroxylation is 2. The van der Waals surface area contributed by atoms with E-state index in [2.05, 4.69) is 72.3 Å². The number of rotatable bonds is 18. The molecular weight excluding hydrogens is 440 g/mol. The van der Waals surface area contributed by atoms with Gasteiger partial charge in [0.05, 0.1) is 12.4 Å². The van der Waals surface area contributed by atoms with Crippen LogP contribution in [0, 0.1) is 0 Å². The molecule has 0 N–H and O–H groups in total. The number of ether oxygens (including phenoxy) is 1. The largest absolute Gasteiger partial charge is 0.486 e. The summed E-state index contributed by atoms with van der Waals surface area (Å²) in [5.74, 6) is 1.45. The average molecular weight is 487 g/mol. The van der Waals surface area contributed by atoms with Crippen LogP contribution < -0.4 is 4.74 Å². The van der Waals surface area contributed by atoms with E-state index in [9.17, 15) is 0 Å². The summed E-state index contributed by atoms with van der Waals surface area (Å²) >= 11 is 0. The quantitative estimate of drug-likeness (QED) is 0.168. The molecule has 0 saturated carbocycles. The molecule has 0 spiro atoms. The standard InChI is InChI=1S/C33H46N2O/c1-3-5-7-9-10-11-12-14-16-29-21-23-31(24-22-29)33-34-25-32(26-35-33)36-27-30-19-17-28(18-20-30)15-13-8-6-4-2/h17-26H,3-16,27H2,1-2H3. The Kier molecular flexibility index (Phi) is 13.1. The fourth-order valence-electron chi connectivity index (χ4n) is 4.55. The highest BCUT2D eigenvalue weighted by Gasteiger charge is 2.04. The van der Waals surface area contributed by atoms with E-state index in [-0.39, 0.29) is 0 Å². The van der Waals surface area contributed by atoms with Crippen molar-refractivity contribution in [2.45, 2.75) is 110 Å². The summed E-state index contributed by atoms with van der Waals surface area (Å²) in [6.45, 7) is 5.06. The minimum atomic E-state index is 0.534. The maximum Gasteiger partial charge on any atom is 0.159 e. The first-order valence-electron chi connectivity index (χ1n) is 14.4. The summed E-state index contributed by atoms with van der Waals surface area (Å²) in [6, 6.07) is 17.5. The first-order valence-corrected chi connectivity index (χ1v) is 14.4. The third kappa shape index (κ3) is 10.5. The van der Waals surface area contributed by atoms with Crippen LogP contribution in [0.2, 0.25) is 0 Å². The number of benzene rings is 2. The SMILES string of the molecule is CCCCCCCCCCc1ccc(-c2ncc(OCc3ccc(CCCCCC)cc3)cn2)cc1. The fraction of sp³-hybridized carbons (Fsp3) is 0.515. The summed E-state index contributed by atoms with van der Waals surface area (Å²) in [6.07, 6.45) is 22.0. The van der Waals surface area contributed by atoms with Crippen molar-refractivity contribution < 1.29 is 4.74 Å². The summed E-state index contributed by atoms with van der Waals surface area (Å²) < 4.78 is 5.92. The van der Waals surface area contributed by atoms with Gasteiger partial charge in [0, 0.05) is 5.56 Å². The Morgan fingerprint density at radius 2 is 0.972 bits per heavy atom. The topological polar surface area (TPSA) is 35.0 Å². The lowest BCUT2D eigenvalue weighted by Crippen LogP contribution is -1.98. The van der Waals surface area contributed by atoms with Gasteiger partial charge < -0.3 is 4.74 Å². The van der Waals surface area contributed by atoms with E-state index in [4.69, 9.17) is 4.74 Å². The molecule has 0 atom stereocenters. The van der Waals surface area contributed by atoms with Gasteiger partial charge in [0.1, 0.15) is 6.61 Å². The molecule has 0 aliphatic heterocycles. The monoisotopic (exact) mass is 486 g/mol. The summed E-state index contributed by atoms with van der Waals surface area (Å²) in [5, 5.41) is 0. The van der Waals surface area contributed by atoms with E-state index in [0.717, 1.165) is 24.2 Å². The van der Waals surface area contributed by atoms with E-state index in [0.29, 0.717) is 12.4 Å². The third-order valence-electron chi connectivity index (χ3n) is 6.91. The Morgan fingerprint density at radius 3 is 1.53 bits per heavy atom. The molecule has 194 valence electrons. The molecule has 0 fully saturated rings. The van der Waals surface area contributed by atoms with Crippen molar-refractivity contribution in [2.75, 3.05) is 0 Å². The van der Waals surface area contributed by atoms with Crippen LogP contribution in [0.25, 0.3) is 11.4 Å². The second kappa shape index (κ2) is 16.9. The van der Waals surface area contributed by atoms with Gasteiger partial charge in [-0.1, -0.05) is 127 Å². The second-order valence-electron chi connectivity index (χ2n) is 10.1. The molecule has 1 heterocycles. The number of unbranched alkanes of at least 4 members (excludes halogenated alkanes) is 10. The highest BCUT2D eigenvalue weighted by Crippen LogP contribution is 2.20. The first kappa shape index (κ1) is 27.9.